The molecule has 0 aliphatic carbocycles. The molecule has 1 aromatic heterocycles. The van der Waals surface area contributed by atoms with E-state index in [9.17, 15) is 0 Å². The van der Waals surface area contributed by atoms with Gasteiger partial charge in [-0.1, -0.05) is 22.0 Å². The van der Waals surface area contributed by atoms with Crippen LogP contribution in [0.4, 0.5) is 5.69 Å². The lowest BCUT2D eigenvalue weighted by Gasteiger charge is -2.27. The lowest BCUT2D eigenvalue weighted by Crippen LogP contribution is -2.30. The molecule has 0 saturated carbocycles. The van der Waals surface area contributed by atoms with E-state index in [1.807, 2.05) is 11.3 Å². The van der Waals surface area contributed by atoms with Gasteiger partial charge in [-0.3, -0.25) is 0 Å². The summed E-state index contributed by atoms with van der Waals surface area (Å²) in [5.41, 5.74) is 8.10. The fraction of sp³-hybridized carbons (Fsp3) is 0.333. The van der Waals surface area contributed by atoms with Gasteiger partial charge in [0.1, 0.15) is 0 Å². The zero-order chi connectivity index (χ0) is 13.8. The summed E-state index contributed by atoms with van der Waals surface area (Å²) < 4.78 is 1.08. The molecular formula is C15H19BrN2S. The second-order valence-corrected chi connectivity index (χ2v) is 6.71. The van der Waals surface area contributed by atoms with Gasteiger partial charge in [0, 0.05) is 41.1 Å². The average molecular weight is 339 g/mol. The summed E-state index contributed by atoms with van der Waals surface area (Å²) in [7, 11) is 2.14. The van der Waals surface area contributed by atoms with Gasteiger partial charge in [-0.15, -0.1) is 11.3 Å². The highest BCUT2D eigenvalue weighted by Gasteiger charge is 2.12. The zero-order valence-electron chi connectivity index (χ0n) is 11.3. The Kier molecular flexibility index (Phi) is 5.02. The standard InChI is InChI=1S/C15H19BrN2S/c1-11(6-15-4-3-5-19-15)18(2)14-8-12(10-17)7-13(16)9-14/h3-5,7-9,11H,6,10,17H2,1-2H3. The van der Waals surface area contributed by atoms with Crippen molar-refractivity contribution in [3.05, 3.63) is 50.6 Å². The number of hydrogen-bond acceptors (Lipinski definition) is 3. The topological polar surface area (TPSA) is 29.3 Å². The lowest BCUT2D eigenvalue weighted by molar-refractivity contribution is 0.688. The Morgan fingerprint density at radius 2 is 2.16 bits per heavy atom. The molecule has 1 unspecified atom stereocenters. The van der Waals surface area contributed by atoms with E-state index in [0.29, 0.717) is 12.6 Å². The van der Waals surface area contributed by atoms with E-state index in [4.69, 9.17) is 5.73 Å². The third-order valence-corrected chi connectivity index (χ3v) is 4.68. The highest BCUT2D eigenvalue weighted by Crippen LogP contribution is 2.25. The summed E-state index contributed by atoms with van der Waals surface area (Å²) in [5, 5.41) is 2.13. The second-order valence-electron chi connectivity index (χ2n) is 4.77. The number of rotatable bonds is 5. The van der Waals surface area contributed by atoms with Crippen LogP contribution in [0.3, 0.4) is 0 Å². The minimum Gasteiger partial charge on any atom is -0.371 e. The van der Waals surface area contributed by atoms with Crippen LogP contribution >= 0.6 is 27.3 Å². The van der Waals surface area contributed by atoms with Crippen molar-refractivity contribution in [1.29, 1.82) is 0 Å². The van der Waals surface area contributed by atoms with Crippen molar-refractivity contribution in [2.75, 3.05) is 11.9 Å². The van der Waals surface area contributed by atoms with Crippen molar-refractivity contribution in [2.45, 2.75) is 25.9 Å². The normalized spacial score (nSPS) is 12.4. The Balaban J connectivity index is 2.14. The predicted molar refractivity (Wildman–Crippen MR) is 87.9 cm³/mol. The maximum Gasteiger partial charge on any atom is 0.0380 e. The van der Waals surface area contributed by atoms with Crippen LogP contribution in [0.1, 0.15) is 17.4 Å². The molecule has 2 aromatic rings. The van der Waals surface area contributed by atoms with E-state index in [1.165, 1.54) is 10.6 Å². The van der Waals surface area contributed by atoms with E-state index < -0.39 is 0 Å². The molecule has 0 spiro atoms. The first-order chi connectivity index (χ1) is 9.10. The van der Waals surface area contributed by atoms with E-state index in [2.05, 4.69) is 70.5 Å². The van der Waals surface area contributed by atoms with Gasteiger partial charge in [0.2, 0.25) is 0 Å². The van der Waals surface area contributed by atoms with Crippen LogP contribution in [0.25, 0.3) is 0 Å². The van der Waals surface area contributed by atoms with E-state index in [0.717, 1.165) is 16.5 Å². The van der Waals surface area contributed by atoms with Gasteiger partial charge in [0.25, 0.3) is 0 Å². The van der Waals surface area contributed by atoms with Crippen LogP contribution in [0.2, 0.25) is 0 Å². The lowest BCUT2D eigenvalue weighted by atomic mass is 10.1. The van der Waals surface area contributed by atoms with Gasteiger partial charge in [0.05, 0.1) is 0 Å². The predicted octanol–water partition coefficient (Wildman–Crippen LogP) is 4.04. The summed E-state index contributed by atoms with van der Waals surface area (Å²) in [6.45, 7) is 2.82. The van der Waals surface area contributed by atoms with Crippen molar-refractivity contribution in [3.63, 3.8) is 0 Å². The number of hydrogen-bond donors (Lipinski definition) is 1. The van der Waals surface area contributed by atoms with E-state index in [1.54, 1.807) is 0 Å². The Morgan fingerprint density at radius 3 is 2.79 bits per heavy atom. The summed E-state index contributed by atoms with van der Waals surface area (Å²) in [5.74, 6) is 0. The van der Waals surface area contributed by atoms with Crippen LogP contribution < -0.4 is 10.6 Å². The first-order valence-corrected chi connectivity index (χ1v) is 8.02. The molecule has 19 heavy (non-hydrogen) atoms. The number of anilines is 1. The van der Waals surface area contributed by atoms with Crippen LogP contribution in [0.5, 0.6) is 0 Å². The minimum absolute atomic E-state index is 0.457. The van der Waals surface area contributed by atoms with Crippen molar-refractivity contribution >= 4 is 33.0 Å². The highest BCUT2D eigenvalue weighted by molar-refractivity contribution is 9.10. The Hall–Kier alpha value is -0.840. The third kappa shape index (κ3) is 3.81. The second kappa shape index (κ2) is 6.55. The molecule has 0 aliphatic rings. The molecule has 0 fully saturated rings. The molecule has 1 heterocycles. The molecule has 102 valence electrons. The van der Waals surface area contributed by atoms with Crippen molar-refractivity contribution in [2.24, 2.45) is 5.73 Å². The van der Waals surface area contributed by atoms with Gasteiger partial charge in [-0.2, -0.15) is 0 Å². The summed E-state index contributed by atoms with van der Waals surface area (Å²) in [6, 6.07) is 11.1. The largest absolute Gasteiger partial charge is 0.371 e. The molecule has 2 nitrogen and oxygen atoms in total. The van der Waals surface area contributed by atoms with Crippen molar-refractivity contribution in [1.82, 2.24) is 0 Å². The van der Waals surface area contributed by atoms with Gasteiger partial charge in [-0.25, -0.2) is 0 Å². The van der Waals surface area contributed by atoms with Gasteiger partial charge >= 0.3 is 0 Å². The first-order valence-electron chi connectivity index (χ1n) is 6.35. The van der Waals surface area contributed by atoms with Crippen molar-refractivity contribution < 1.29 is 0 Å². The number of benzene rings is 1. The molecule has 2 N–H and O–H groups in total. The first kappa shape index (κ1) is 14.6. The molecule has 1 atom stereocenters. The SMILES string of the molecule is CC(Cc1cccs1)N(C)c1cc(Br)cc(CN)c1. The van der Waals surface area contributed by atoms with Gasteiger partial charge < -0.3 is 10.6 Å². The fourth-order valence-corrected chi connectivity index (χ4v) is 3.42. The van der Waals surface area contributed by atoms with Gasteiger partial charge in [0.15, 0.2) is 0 Å². The number of likely N-dealkylation sites (N-methyl/N-ethyl adjacent to an activating group) is 1. The Bertz CT molecular complexity index is 525. The quantitative estimate of drug-likeness (QED) is 0.891. The summed E-state index contributed by atoms with van der Waals surface area (Å²) >= 11 is 5.37. The van der Waals surface area contributed by atoms with Crippen LogP contribution in [0.15, 0.2) is 40.2 Å². The molecule has 4 heteroatoms. The average Bonchev–Trinajstić information content (AvgIpc) is 2.89. The monoisotopic (exact) mass is 338 g/mol. The third-order valence-electron chi connectivity index (χ3n) is 3.32. The molecule has 0 amide bonds. The van der Waals surface area contributed by atoms with Crippen molar-refractivity contribution in [3.8, 4) is 0 Å². The maximum atomic E-state index is 5.74. The minimum atomic E-state index is 0.457. The molecule has 1 aromatic carbocycles. The molecular weight excluding hydrogens is 320 g/mol. The van der Waals surface area contributed by atoms with Gasteiger partial charge in [-0.05, 0) is 42.1 Å². The molecule has 2 rings (SSSR count). The van der Waals surface area contributed by atoms with Crippen LogP contribution in [-0.2, 0) is 13.0 Å². The van der Waals surface area contributed by atoms with Crippen LogP contribution in [-0.4, -0.2) is 13.1 Å². The fourth-order valence-electron chi connectivity index (χ4n) is 2.07. The van der Waals surface area contributed by atoms with Crippen LogP contribution in [0, 0.1) is 0 Å². The number of halogens is 1. The number of thiophene rings is 1. The number of nitrogens with zero attached hydrogens (tertiary/aromatic N) is 1. The summed E-state index contributed by atoms with van der Waals surface area (Å²) in [4.78, 5) is 3.73. The smallest absolute Gasteiger partial charge is 0.0380 e. The number of nitrogens with two attached hydrogens (primary N) is 1. The maximum absolute atomic E-state index is 5.74. The van der Waals surface area contributed by atoms with E-state index >= 15 is 0 Å². The zero-order valence-corrected chi connectivity index (χ0v) is 13.7. The van der Waals surface area contributed by atoms with E-state index in [-0.39, 0.29) is 0 Å². The molecule has 0 radical (unpaired) electrons. The Morgan fingerprint density at radius 1 is 1.37 bits per heavy atom. The molecule has 0 aliphatic heterocycles. The molecule has 0 saturated heterocycles. The highest BCUT2D eigenvalue weighted by atomic mass is 79.9. The Labute approximate surface area is 127 Å². The summed E-state index contributed by atoms with van der Waals surface area (Å²) in [6.07, 6.45) is 1.07. The molecule has 0 bridgehead atoms.